The molecule has 1 unspecified atom stereocenters. The highest BCUT2D eigenvalue weighted by Gasteiger charge is 2.25. The van der Waals surface area contributed by atoms with E-state index in [0.717, 1.165) is 24.1 Å². The number of hydrogen-bond acceptors (Lipinski definition) is 5. The number of nitro benzene ring substituents is 1. The van der Waals surface area contributed by atoms with Gasteiger partial charge in [0, 0.05) is 16.8 Å². The van der Waals surface area contributed by atoms with E-state index in [0.29, 0.717) is 5.69 Å². The number of benzene rings is 2. The first-order valence-corrected chi connectivity index (χ1v) is 8.24. The maximum atomic E-state index is 12.2. The molecule has 0 saturated heterocycles. The summed E-state index contributed by atoms with van der Waals surface area (Å²) >= 11 is 5.79. The lowest BCUT2D eigenvalue weighted by Crippen LogP contribution is -2.30. The predicted molar refractivity (Wildman–Crippen MR) is 97.4 cm³/mol. The van der Waals surface area contributed by atoms with Gasteiger partial charge in [-0.2, -0.15) is 0 Å². The third-order valence-electron chi connectivity index (χ3n) is 3.66. The zero-order valence-electron chi connectivity index (χ0n) is 14.2. The van der Waals surface area contributed by atoms with Gasteiger partial charge in [0.2, 0.25) is 0 Å². The number of carbonyl (C=O) groups is 2. The van der Waals surface area contributed by atoms with E-state index in [9.17, 15) is 19.7 Å². The lowest BCUT2D eigenvalue weighted by Gasteiger charge is -2.14. The molecule has 0 bridgehead atoms. The number of esters is 1. The Morgan fingerprint density at radius 2 is 1.88 bits per heavy atom. The smallest absolute Gasteiger partial charge is 0.345 e. The monoisotopic (exact) mass is 376 g/mol. The molecule has 136 valence electrons. The Morgan fingerprint density at radius 3 is 2.46 bits per heavy atom. The van der Waals surface area contributed by atoms with Crippen LogP contribution in [0.4, 0.5) is 11.4 Å². The summed E-state index contributed by atoms with van der Waals surface area (Å²) in [5.41, 5.74) is 0.927. The van der Waals surface area contributed by atoms with Crippen LogP contribution in [0.3, 0.4) is 0 Å². The van der Waals surface area contributed by atoms with Crippen molar-refractivity contribution in [2.24, 2.45) is 0 Å². The van der Waals surface area contributed by atoms with Crippen molar-refractivity contribution in [1.82, 2.24) is 0 Å². The number of ether oxygens (including phenoxy) is 1. The molecule has 1 N–H and O–H groups in total. The summed E-state index contributed by atoms with van der Waals surface area (Å²) in [7, 11) is 0. The second-order valence-electron chi connectivity index (χ2n) is 5.51. The molecule has 0 saturated carbocycles. The van der Waals surface area contributed by atoms with Crippen molar-refractivity contribution in [2.45, 2.75) is 26.4 Å². The van der Waals surface area contributed by atoms with Gasteiger partial charge in [-0.3, -0.25) is 14.9 Å². The molecule has 1 amide bonds. The molecule has 0 radical (unpaired) electrons. The largest absolute Gasteiger partial charge is 0.449 e. The minimum absolute atomic E-state index is 0.149. The van der Waals surface area contributed by atoms with Gasteiger partial charge < -0.3 is 10.1 Å². The highest BCUT2D eigenvalue weighted by atomic mass is 35.5. The minimum Gasteiger partial charge on any atom is -0.449 e. The Hall–Kier alpha value is -2.93. The lowest BCUT2D eigenvalue weighted by atomic mass is 10.1. The van der Waals surface area contributed by atoms with E-state index in [1.54, 1.807) is 12.1 Å². The first kappa shape index (κ1) is 19.4. The van der Waals surface area contributed by atoms with Gasteiger partial charge in [-0.25, -0.2) is 4.79 Å². The Labute approximate surface area is 155 Å². The van der Waals surface area contributed by atoms with E-state index in [2.05, 4.69) is 5.32 Å². The standard InChI is InChI=1S/C18H17ClN2O5/c1-3-12-4-7-14(8-5-12)20-17(22)11(2)26-18(23)15-10-13(19)6-9-16(15)21(24)25/h4-11H,3H2,1-2H3,(H,20,22). The molecule has 1 atom stereocenters. The van der Waals surface area contributed by atoms with E-state index < -0.39 is 28.6 Å². The van der Waals surface area contributed by atoms with Crippen LogP contribution in [-0.2, 0) is 16.0 Å². The van der Waals surface area contributed by atoms with Gasteiger partial charge in [-0.05, 0) is 43.2 Å². The molecule has 0 aliphatic carbocycles. The molecule has 7 nitrogen and oxygen atoms in total. The molecule has 2 rings (SSSR count). The molecule has 0 aliphatic heterocycles. The number of hydrogen-bond donors (Lipinski definition) is 1. The van der Waals surface area contributed by atoms with Crippen molar-refractivity contribution in [3.63, 3.8) is 0 Å². The van der Waals surface area contributed by atoms with Gasteiger partial charge in [-0.1, -0.05) is 30.7 Å². The van der Waals surface area contributed by atoms with Crippen LogP contribution in [0, 0.1) is 10.1 Å². The van der Waals surface area contributed by atoms with Crippen LogP contribution in [-0.4, -0.2) is 22.9 Å². The number of nitrogens with zero attached hydrogens (tertiary/aromatic N) is 1. The van der Waals surface area contributed by atoms with Crippen LogP contribution in [0.15, 0.2) is 42.5 Å². The summed E-state index contributed by atoms with van der Waals surface area (Å²) < 4.78 is 5.05. The summed E-state index contributed by atoms with van der Waals surface area (Å²) in [5.74, 6) is -1.55. The summed E-state index contributed by atoms with van der Waals surface area (Å²) in [6.07, 6.45) is -0.271. The summed E-state index contributed by atoms with van der Waals surface area (Å²) in [6.45, 7) is 3.40. The third kappa shape index (κ3) is 4.80. The van der Waals surface area contributed by atoms with Crippen LogP contribution in [0.25, 0.3) is 0 Å². The second kappa shape index (κ2) is 8.44. The second-order valence-corrected chi connectivity index (χ2v) is 5.94. The molecule has 8 heteroatoms. The molecule has 2 aromatic rings. The number of carbonyl (C=O) groups excluding carboxylic acids is 2. The molecule has 0 heterocycles. The molecule has 2 aromatic carbocycles. The number of anilines is 1. The van der Waals surface area contributed by atoms with E-state index in [4.69, 9.17) is 16.3 Å². The quantitative estimate of drug-likeness (QED) is 0.466. The van der Waals surface area contributed by atoms with E-state index >= 15 is 0 Å². The number of halogens is 1. The average molecular weight is 377 g/mol. The van der Waals surface area contributed by atoms with Gasteiger partial charge in [0.1, 0.15) is 5.56 Å². The Bertz CT molecular complexity index is 836. The van der Waals surface area contributed by atoms with Crippen molar-refractivity contribution in [3.05, 3.63) is 68.7 Å². The molecule has 0 fully saturated rings. The van der Waals surface area contributed by atoms with Gasteiger partial charge in [-0.15, -0.1) is 0 Å². The number of amides is 1. The van der Waals surface area contributed by atoms with Crippen molar-refractivity contribution in [2.75, 3.05) is 5.32 Å². The van der Waals surface area contributed by atoms with E-state index in [-0.39, 0.29) is 10.6 Å². The maximum Gasteiger partial charge on any atom is 0.345 e. The fourth-order valence-electron chi connectivity index (χ4n) is 2.18. The number of rotatable bonds is 6. The number of nitro groups is 1. The summed E-state index contributed by atoms with van der Waals surface area (Å²) in [4.78, 5) is 34.7. The molecule has 0 spiro atoms. The first-order valence-electron chi connectivity index (χ1n) is 7.86. The number of nitrogens with one attached hydrogen (secondary N) is 1. The van der Waals surface area contributed by atoms with Crippen LogP contribution in [0.5, 0.6) is 0 Å². The Kier molecular flexibility index (Phi) is 6.30. The van der Waals surface area contributed by atoms with Crippen LogP contribution in [0.2, 0.25) is 5.02 Å². The third-order valence-corrected chi connectivity index (χ3v) is 3.89. The van der Waals surface area contributed by atoms with Crippen LogP contribution < -0.4 is 5.32 Å². The lowest BCUT2D eigenvalue weighted by molar-refractivity contribution is -0.385. The zero-order chi connectivity index (χ0) is 19.3. The Balaban J connectivity index is 2.07. The van der Waals surface area contributed by atoms with Gasteiger partial charge >= 0.3 is 5.97 Å². The first-order chi connectivity index (χ1) is 12.3. The van der Waals surface area contributed by atoms with E-state index in [1.165, 1.54) is 13.0 Å². The van der Waals surface area contributed by atoms with Gasteiger partial charge in [0.15, 0.2) is 6.10 Å². The van der Waals surface area contributed by atoms with E-state index in [1.807, 2.05) is 19.1 Å². The van der Waals surface area contributed by atoms with Crippen molar-refractivity contribution < 1.29 is 19.2 Å². The maximum absolute atomic E-state index is 12.2. The van der Waals surface area contributed by atoms with Crippen molar-refractivity contribution in [3.8, 4) is 0 Å². The highest BCUT2D eigenvalue weighted by molar-refractivity contribution is 6.31. The normalized spacial score (nSPS) is 11.5. The fraction of sp³-hybridized carbons (Fsp3) is 0.222. The topological polar surface area (TPSA) is 98.5 Å². The molecular formula is C18H17ClN2O5. The van der Waals surface area contributed by atoms with Crippen LogP contribution >= 0.6 is 11.6 Å². The fourth-order valence-corrected chi connectivity index (χ4v) is 2.35. The number of aryl methyl sites for hydroxylation is 1. The molecule has 0 aromatic heterocycles. The van der Waals surface area contributed by atoms with Crippen molar-refractivity contribution in [1.29, 1.82) is 0 Å². The average Bonchev–Trinajstić information content (AvgIpc) is 2.61. The Morgan fingerprint density at radius 1 is 1.23 bits per heavy atom. The molecule has 0 aliphatic rings. The minimum atomic E-state index is -1.15. The van der Waals surface area contributed by atoms with Crippen molar-refractivity contribution >= 4 is 34.9 Å². The SMILES string of the molecule is CCc1ccc(NC(=O)C(C)OC(=O)c2cc(Cl)ccc2[N+](=O)[O-])cc1. The summed E-state index contributed by atoms with van der Waals surface area (Å²) in [5, 5.41) is 13.8. The van der Waals surface area contributed by atoms with Crippen LogP contribution in [0.1, 0.15) is 29.8 Å². The zero-order valence-corrected chi connectivity index (χ0v) is 14.9. The molecule has 26 heavy (non-hydrogen) atoms. The predicted octanol–water partition coefficient (Wildman–Crippen LogP) is 3.99. The van der Waals surface area contributed by atoms with Gasteiger partial charge in [0.05, 0.1) is 4.92 Å². The molecular weight excluding hydrogens is 360 g/mol. The summed E-state index contributed by atoms with van der Waals surface area (Å²) in [6, 6.07) is 10.8. The highest BCUT2D eigenvalue weighted by Crippen LogP contribution is 2.24. The van der Waals surface area contributed by atoms with Gasteiger partial charge in [0.25, 0.3) is 11.6 Å².